The van der Waals surface area contributed by atoms with Crippen molar-refractivity contribution in [3.8, 4) is 23.6 Å². The minimum Gasteiger partial charge on any atom is -0.383 e. The normalized spacial score (nSPS) is 17.8. The lowest BCUT2D eigenvalue weighted by atomic mass is 10.1. The average Bonchev–Trinajstić information content (AvgIpc) is 3.56. The van der Waals surface area contributed by atoms with Crippen LogP contribution in [-0.2, 0) is 4.79 Å². The van der Waals surface area contributed by atoms with Crippen LogP contribution in [-0.4, -0.2) is 56.6 Å². The first-order valence-electron chi connectivity index (χ1n) is 10.1. The molecule has 1 amide bonds. The molecule has 2 aromatic heterocycles. The molecule has 1 saturated carbocycles. The third-order valence-electron chi connectivity index (χ3n) is 5.28. The van der Waals surface area contributed by atoms with E-state index >= 15 is 0 Å². The number of pyridine rings is 1. The smallest absolute Gasteiger partial charge is 0.251 e. The maximum atomic E-state index is 10.6. The number of benzene rings is 1. The van der Waals surface area contributed by atoms with E-state index < -0.39 is 6.10 Å². The zero-order chi connectivity index (χ0) is 22.0. The quantitative estimate of drug-likeness (QED) is 0.559. The van der Waals surface area contributed by atoms with Gasteiger partial charge in [0, 0.05) is 30.8 Å². The number of nitrogens with two attached hydrogens (primary N) is 1. The number of carbonyl (C=O) groups excluding carboxylic acids is 1. The number of likely N-dealkylation sites (tertiary alicyclic amines) is 1. The molecule has 2 aliphatic rings. The predicted octanol–water partition coefficient (Wildman–Crippen LogP) is 2.04. The second kappa shape index (κ2) is 8.58. The summed E-state index contributed by atoms with van der Waals surface area (Å²) < 4.78 is 0. The largest absolute Gasteiger partial charge is 0.383 e. The van der Waals surface area contributed by atoms with Gasteiger partial charge in [-0.25, -0.2) is 15.0 Å². The summed E-state index contributed by atoms with van der Waals surface area (Å²) in [4.78, 5) is 25.2. The van der Waals surface area contributed by atoms with E-state index in [0.717, 1.165) is 28.0 Å². The fraction of sp³-hybridized carbons (Fsp3) is 0.304. The molecule has 0 bridgehead atoms. The molecule has 3 aromatic rings. The topological polar surface area (TPSA) is 117 Å². The van der Waals surface area contributed by atoms with Gasteiger partial charge in [-0.05, 0) is 37.5 Å². The lowest BCUT2D eigenvalue weighted by Crippen LogP contribution is -2.24. The first-order chi connectivity index (χ1) is 15.0. The van der Waals surface area contributed by atoms with Crippen molar-refractivity contribution >= 4 is 28.4 Å². The summed E-state index contributed by atoms with van der Waals surface area (Å²) in [5.74, 6) is 2.88. The van der Waals surface area contributed by atoms with Gasteiger partial charge in [0.15, 0.2) is 5.82 Å². The van der Waals surface area contributed by atoms with Gasteiger partial charge in [-0.15, -0.1) is 6.42 Å². The van der Waals surface area contributed by atoms with Gasteiger partial charge in [0.25, 0.3) is 5.91 Å². The Morgan fingerprint density at radius 1 is 1.23 bits per heavy atom. The Labute approximate surface area is 180 Å². The molecule has 1 atom stereocenters. The van der Waals surface area contributed by atoms with Crippen molar-refractivity contribution in [2.24, 2.45) is 0 Å². The second-order valence-corrected chi connectivity index (χ2v) is 7.72. The van der Waals surface area contributed by atoms with Crippen LogP contribution in [0, 0.1) is 12.3 Å². The summed E-state index contributed by atoms with van der Waals surface area (Å²) in [7, 11) is 1.69. The molecular weight excluding hydrogens is 392 g/mol. The molecule has 1 aliphatic carbocycles. The number of aromatic nitrogens is 3. The Morgan fingerprint density at radius 2 is 2.03 bits per heavy atom. The summed E-state index contributed by atoms with van der Waals surface area (Å²) in [6.45, 7) is 0.694. The average molecular weight is 416 g/mol. The summed E-state index contributed by atoms with van der Waals surface area (Å²) in [5, 5.41) is 12.3. The van der Waals surface area contributed by atoms with Crippen LogP contribution in [0.25, 0.3) is 22.3 Å². The number of amides is 1. The molecular formula is C23H24N6O2. The van der Waals surface area contributed by atoms with E-state index in [-0.39, 0.29) is 5.91 Å². The number of aliphatic hydroxyl groups is 1. The highest BCUT2D eigenvalue weighted by atomic mass is 16.3. The van der Waals surface area contributed by atoms with Crippen LogP contribution in [0.2, 0.25) is 0 Å². The maximum absolute atomic E-state index is 10.6. The molecule has 0 radical (unpaired) electrons. The third-order valence-corrected chi connectivity index (χ3v) is 5.28. The lowest BCUT2D eigenvalue weighted by molar-refractivity contribution is -0.133. The fourth-order valence-electron chi connectivity index (χ4n) is 3.34. The molecule has 8 heteroatoms. The summed E-state index contributed by atoms with van der Waals surface area (Å²) in [6.07, 6.45) is 9.18. The van der Waals surface area contributed by atoms with Gasteiger partial charge in [0.2, 0.25) is 0 Å². The number of rotatable bonds is 3. The Hall–Kier alpha value is -3.70. The molecule has 5 rings (SSSR count). The number of fused-ring (bicyclic) bond motifs is 1. The van der Waals surface area contributed by atoms with Crippen LogP contribution >= 0.6 is 0 Å². The van der Waals surface area contributed by atoms with Gasteiger partial charge in [-0.3, -0.25) is 4.79 Å². The first-order valence-corrected chi connectivity index (χ1v) is 10.1. The van der Waals surface area contributed by atoms with Crippen LogP contribution in [0.1, 0.15) is 24.8 Å². The van der Waals surface area contributed by atoms with E-state index in [4.69, 9.17) is 17.3 Å². The van der Waals surface area contributed by atoms with E-state index in [2.05, 4.69) is 26.2 Å². The number of anilines is 2. The van der Waals surface area contributed by atoms with Crippen molar-refractivity contribution < 1.29 is 9.90 Å². The van der Waals surface area contributed by atoms with Gasteiger partial charge in [-0.1, -0.05) is 18.1 Å². The number of nitrogen functional groups attached to an aromatic ring is 1. The van der Waals surface area contributed by atoms with Crippen LogP contribution < -0.4 is 11.1 Å². The minimum atomic E-state index is -0.722. The highest BCUT2D eigenvalue weighted by Crippen LogP contribution is 2.32. The molecule has 1 saturated heterocycles. The highest BCUT2D eigenvalue weighted by Gasteiger charge is 2.26. The number of hydrogen-bond donors (Lipinski definition) is 3. The minimum absolute atomic E-state index is 0.148. The summed E-state index contributed by atoms with van der Waals surface area (Å²) in [6, 6.07) is 10.2. The SMILES string of the molecule is C#Cc1cccc(-c2cc(NC3CC3)c3ncnc(N)c3n2)c1.CN1CC[C@H](O)C1=O. The van der Waals surface area contributed by atoms with Gasteiger partial charge < -0.3 is 21.1 Å². The molecule has 158 valence electrons. The van der Waals surface area contributed by atoms with Crippen LogP contribution in [0.4, 0.5) is 11.5 Å². The van der Waals surface area contributed by atoms with Gasteiger partial charge >= 0.3 is 0 Å². The van der Waals surface area contributed by atoms with E-state index in [0.29, 0.717) is 30.3 Å². The molecule has 0 spiro atoms. The van der Waals surface area contributed by atoms with Crippen molar-refractivity contribution in [1.82, 2.24) is 19.9 Å². The third kappa shape index (κ3) is 4.57. The Kier molecular flexibility index (Phi) is 5.69. The van der Waals surface area contributed by atoms with Crippen LogP contribution in [0.3, 0.4) is 0 Å². The molecule has 1 aliphatic heterocycles. The number of terminal acetylenes is 1. The van der Waals surface area contributed by atoms with Gasteiger partial charge in [0.05, 0.1) is 11.4 Å². The Morgan fingerprint density at radius 3 is 2.65 bits per heavy atom. The predicted molar refractivity (Wildman–Crippen MR) is 120 cm³/mol. The monoisotopic (exact) mass is 416 g/mol. The molecule has 31 heavy (non-hydrogen) atoms. The van der Waals surface area contributed by atoms with E-state index in [1.54, 1.807) is 7.05 Å². The second-order valence-electron chi connectivity index (χ2n) is 7.72. The maximum Gasteiger partial charge on any atom is 0.251 e. The van der Waals surface area contributed by atoms with E-state index in [9.17, 15) is 4.79 Å². The molecule has 2 fully saturated rings. The van der Waals surface area contributed by atoms with Crippen molar-refractivity contribution in [3.63, 3.8) is 0 Å². The summed E-state index contributed by atoms with van der Waals surface area (Å²) in [5.41, 5.74) is 10.9. The number of hydrogen-bond acceptors (Lipinski definition) is 7. The molecule has 8 nitrogen and oxygen atoms in total. The zero-order valence-corrected chi connectivity index (χ0v) is 17.2. The van der Waals surface area contributed by atoms with E-state index in [1.165, 1.54) is 24.1 Å². The Balaban J connectivity index is 0.000000245. The van der Waals surface area contributed by atoms with Crippen molar-refractivity contribution in [2.45, 2.75) is 31.4 Å². The summed E-state index contributed by atoms with van der Waals surface area (Å²) >= 11 is 0. The fourth-order valence-corrected chi connectivity index (χ4v) is 3.34. The number of nitrogens with one attached hydrogen (secondary N) is 1. The Bertz CT molecular complexity index is 1160. The highest BCUT2D eigenvalue weighted by molar-refractivity contribution is 5.95. The number of nitrogens with zero attached hydrogens (tertiary/aromatic N) is 4. The molecule has 3 heterocycles. The van der Waals surface area contributed by atoms with Gasteiger partial charge in [0.1, 0.15) is 23.5 Å². The van der Waals surface area contributed by atoms with Crippen molar-refractivity contribution in [3.05, 3.63) is 42.2 Å². The number of aliphatic hydroxyl groups excluding tert-OH is 1. The molecule has 1 aromatic carbocycles. The van der Waals surface area contributed by atoms with E-state index in [1.807, 2.05) is 30.3 Å². The number of likely N-dealkylation sites (N-methyl/N-ethyl adjacent to an activating group) is 1. The number of carbonyl (C=O) groups is 1. The van der Waals surface area contributed by atoms with Crippen LogP contribution in [0.15, 0.2) is 36.7 Å². The van der Waals surface area contributed by atoms with Crippen molar-refractivity contribution in [1.29, 1.82) is 0 Å². The molecule has 0 unspecified atom stereocenters. The van der Waals surface area contributed by atoms with Crippen molar-refractivity contribution in [2.75, 3.05) is 24.6 Å². The first kappa shape index (κ1) is 20.6. The molecule has 4 N–H and O–H groups in total. The lowest BCUT2D eigenvalue weighted by Gasteiger charge is -2.11. The zero-order valence-electron chi connectivity index (χ0n) is 17.2. The van der Waals surface area contributed by atoms with Crippen LogP contribution in [0.5, 0.6) is 0 Å². The standard InChI is InChI=1S/C18H15N5.C5H9NO2/c1-2-11-4-3-5-12(8-11)14-9-15(22-13-6-7-13)16-17(23-14)18(19)21-10-20-16;1-6-3-2-4(7)5(6)8/h1,3-5,8-10,13H,6-7H2,(H,22,23)(H2,19,20,21);4,7H,2-3H2,1H3/t;4-/m.0/s1. The van der Waals surface area contributed by atoms with Gasteiger partial charge in [-0.2, -0.15) is 0 Å².